The molecule has 1 saturated heterocycles. The predicted molar refractivity (Wildman–Crippen MR) is 113 cm³/mol. The number of hydrogen-bond donors (Lipinski definition) is 1. The SMILES string of the molecule is CCOCCn1c(=O)c(C#N)c(NC2CCN(C(=O)CCl)CC2)c2ccccc21. The zero-order chi connectivity index (χ0) is 20.8. The van der Waals surface area contributed by atoms with Gasteiger partial charge in [0.15, 0.2) is 0 Å². The van der Waals surface area contributed by atoms with Crippen molar-refractivity contribution in [2.24, 2.45) is 0 Å². The van der Waals surface area contributed by atoms with Crippen LogP contribution in [0.3, 0.4) is 0 Å². The van der Waals surface area contributed by atoms with E-state index in [0.717, 1.165) is 23.7 Å². The number of aromatic nitrogens is 1. The van der Waals surface area contributed by atoms with Gasteiger partial charge >= 0.3 is 0 Å². The van der Waals surface area contributed by atoms with Crippen LogP contribution in [0.1, 0.15) is 25.3 Å². The number of rotatable bonds is 7. The minimum atomic E-state index is -0.317. The van der Waals surface area contributed by atoms with E-state index in [0.29, 0.717) is 38.5 Å². The van der Waals surface area contributed by atoms with Crippen molar-refractivity contribution in [1.82, 2.24) is 9.47 Å². The molecule has 29 heavy (non-hydrogen) atoms. The number of carbonyl (C=O) groups is 1. The number of hydrogen-bond acceptors (Lipinski definition) is 5. The van der Waals surface area contributed by atoms with E-state index < -0.39 is 0 Å². The molecule has 8 heteroatoms. The fourth-order valence-electron chi connectivity index (χ4n) is 3.74. The third-order valence-electron chi connectivity index (χ3n) is 5.26. The summed E-state index contributed by atoms with van der Waals surface area (Å²) in [6.07, 6.45) is 1.46. The van der Waals surface area contributed by atoms with Gasteiger partial charge in [-0.2, -0.15) is 5.26 Å². The number of alkyl halides is 1. The molecule has 1 aromatic carbocycles. The van der Waals surface area contributed by atoms with Crippen molar-refractivity contribution in [3.05, 3.63) is 40.2 Å². The minimum Gasteiger partial charge on any atom is -0.380 e. The molecule has 0 unspecified atom stereocenters. The van der Waals surface area contributed by atoms with E-state index in [1.54, 1.807) is 9.47 Å². The highest BCUT2D eigenvalue weighted by atomic mass is 35.5. The quantitative estimate of drug-likeness (QED) is 0.553. The molecular weight excluding hydrogens is 392 g/mol. The summed E-state index contributed by atoms with van der Waals surface area (Å²) in [7, 11) is 0. The first-order chi connectivity index (χ1) is 14.1. The summed E-state index contributed by atoms with van der Waals surface area (Å²) in [6.45, 7) is 4.48. The van der Waals surface area contributed by atoms with Gasteiger partial charge in [-0.25, -0.2) is 0 Å². The summed E-state index contributed by atoms with van der Waals surface area (Å²) in [5, 5.41) is 14.0. The second-order valence-electron chi connectivity index (χ2n) is 6.97. The Kier molecular flexibility index (Phi) is 7.13. The molecule has 0 radical (unpaired) electrons. The van der Waals surface area contributed by atoms with E-state index in [4.69, 9.17) is 16.3 Å². The van der Waals surface area contributed by atoms with Crippen LogP contribution in [-0.4, -0.2) is 53.6 Å². The Morgan fingerprint density at radius 3 is 2.72 bits per heavy atom. The topological polar surface area (TPSA) is 87.4 Å². The van der Waals surface area contributed by atoms with E-state index in [2.05, 4.69) is 11.4 Å². The van der Waals surface area contributed by atoms with Gasteiger partial charge in [0.2, 0.25) is 5.91 Å². The number of ether oxygens (including phenoxy) is 1. The molecule has 2 aromatic rings. The second-order valence-corrected chi connectivity index (χ2v) is 7.23. The molecule has 0 saturated carbocycles. The van der Waals surface area contributed by atoms with E-state index in [1.165, 1.54) is 0 Å². The van der Waals surface area contributed by atoms with E-state index in [9.17, 15) is 14.9 Å². The number of amides is 1. The molecule has 0 aliphatic carbocycles. The first-order valence-corrected chi connectivity index (χ1v) is 10.4. The summed E-state index contributed by atoms with van der Waals surface area (Å²) in [4.78, 5) is 26.6. The largest absolute Gasteiger partial charge is 0.380 e. The monoisotopic (exact) mass is 416 g/mol. The lowest BCUT2D eigenvalue weighted by Crippen LogP contribution is -2.43. The summed E-state index contributed by atoms with van der Waals surface area (Å²) in [5.74, 6) is -0.0773. The van der Waals surface area contributed by atoms with Gasteiger partial charge in [0.1, 0.15) is 17.5 Å². The molecule has 0 spiro atoms. The number of nitriles is 1. The highest BCUT2D eigenvalue weighted by Crippen LogP contribution is 2.27. The van der Waals surface area contributed by atoms with Crippen molar-refractivity contribution in [1.29, 1.82) is 5.26 Å². The second kappa shape index (κ2) is 9.77. The van der Waals surface area contributed by atoms with E-state index in [-0.39, 0.29) is 29.0 Å². The van der Waals surface area contributed by atoms with Crippen LogP contribution in [0.25, 0.3) is 10.9 Å². The normalized spacial score (nSPS) is 14.7. The highest BCUT2D eigenvalue weighted by molar-refractivity contribution is 6.27. The summed E-state index contributed by atoms with van der Waals surface area (Å²) < 4.78 is 7.01. The Bertz CT molecular complexity index is 974. The summed E-state index contributed by atoms with van der Waals surface area (Å²) in [6, 6.07) is 9.75. The van der Waals surface area contributed by atoms with Crippen LogP contribution in [-0.2, 0) is 16.1 Å². The molecule has 1 fully saturated rings. The molecular formula is C21H25ClN4O3. The molecule has 7 nitrogen and oxygen atoms in total. The molecule has 1 amide bonds. The maximum Gasteiger partial charge on any atom is 0.271 e. The van der Waals surface area contributed by atoms with E-state index in [1.807, 2.05) is 31.2 Å². The number of piperidine rings is 1. The Labute approximate surface area is 174 Å². The fraction of sp³-hybridized carbons (Fsp3) is 0.476. The zero-order valence-corrected chi connectivity index (χ0v) is 17.2. The highest BCUT2D eigenvalue weighted by Gasteiger charge is 2.24. The zero-order valence-electron chi connectivity index (χ0n) is 16.5. The number of benzene rings is 1. The molecule has 1 aliphatic heterocycles. The van der Waals surface area contributed by atoms with E-state index >= 15 is 0 Å². The molecule has 0 atom stereocenters. The lowest BCUT2D eigenvalue weighted by molar-refractivity contribution is -0.129. The standard InChI is InChI=1S/C21H25ClN4O3/c1-2-29-12-11-26-18-6-4-3-5-16(18)20(17(14-23)21(26)28)24-15-7-9-25(10-8-15)19(27)13-22/h3-6,15,24H,2,7-13H2,1H3. The molecule has 1 aromatic heterocycles. The van der Waals surface area contributed by atoms with Gasteiger partial charge in [0, 0.05) is 37.7 Å². The van der Waals surface area contributed by atoms with Gasteiger partial charge in [-0.1, -0.05) is 18.2 Å². The van der Waals surface area contributed by atoms with Crippen LogP contribution in [0.5, 0.6) is 0 Å². The van der Waals surface area contributed by atoms with Gasteiger partial charge in [-0.3, -0.25) is 9.59 Å². The smallest absolute Gasteiger partial charge is 0.271 e. The van der Waals surface area contributed by atoms with Gasteiger partial charge in [-0.05, 0) is 25.8 Å². The number of para-hydroxylation sites is 1. The average Bonchev–Trinajstić information content (AvgIpc) is 2.76. The third kappa shape index (κ3) is 4.55. The molecule has 0 bridgehead atoms. The van der Waals surface area contributed by atoms with Gasteiger partial charge in [-0.15, -0.1) is 11.6 Å². The summed E-state index contributed by atoms with van der Waals surface area (Å²) >= 11 is 5.65. The average molecular weight is 417 g/mol. The number of anilines is 1. The summed E-state index contributed by atoms with van der Waals surface area (Å²) in [5.41, 5.74) is 1.14. The van der Waals surface area contributed by atoms with Crippen LogP contribution in [0.4, 0.5) is 5.69 Å². The number of halogens is 1. The molecule has 2 heterocycles. The van der Waals surface area contributed by atoms with Crippen LogP contribution in [0.15, 0.2) is 29.1 Å². The minimum absolute atomic E-state index is 0.0126. The number of nitrogens with one attached hydrogen (secondary N) is 1. The fourth-order valence-corrected chi connectivity index (χ4v) is 3.91. The van der Waals surface area contributed by atoms with Crippen LogP contribution in [0.2, 0.25) is 0 Å². The van der Waals surface area contributed by atoms with Crippen molar-refractivity contribution in [2.45, 2.75) is 32.4 Å². The van der Waals surface area contributed by atoms with Crippen LogP contribution >= 0.6 is 11.6 Å². The Balaban J connectivity index is 1.92. The number of nitrogens with zero attached hydrogens (tertiary/aromatic N) is 3. The van der Waals surface area contributed by atoms with Crippen molar-refractivity contribution in [2.75, 3.05) is 37.5 Å². The van der Waals surface area contributed by atoms with Gasteiger partial charge < -0.3 is 19.5 Å². The number of carbonyl (C=O) groups excluding carboxylic acids is 1. The lowest BCUT2D eigenvalue weighted by Gasteiger charge is -2.33. The van der Waals surface area contributed by atoms with Gasteiger partial charge in [0.05, 0.1) is 17.8 Å². The lowest BCUT2D eigenvalue weighted by atomic mass is 10.0. The predicted octanol–water partition coefficient (Wildman–Crippen LogP) is 2.55. The first-order valence-electron chi connectivity index (χ1n) is 9.84. The van der Waals surface area contributed by atoms with Crippen molar-refractivity contribution < 1.29 is 9.53 Å². The van der Waals surface area contributed by atoms with Crippen molar-refractivity contribution in [3.63, 3.8) is 0 Å². The van der Waals surface area contributed by atoms with Crippen molar-refractivity contribution >= 4 is 34.1 Å². The molecule has 154 valence electrons. The number of fused-ring (bicyclic) bond motifs is 1. The van der Waals surface area contributed by atoms with Crippen LogP contribution in [0, 0.1) is 11.3 Å². The third-order valence-corrected chi connectivity index (χ3v) is 5.49. The maximum absolute atomic E-state index is 13.0. The Morgan fingerprint density at radius 1 is 1.34 bits per heavy atom. The molecule has 1 aliphatic rings. The van der Waals surface area contributed by atoms with Crippen molar-refractivity contribution in [3.8, 4) is 6.07 Å². The van der Waals surface area contributed by atoms with Gasteiger partial charge in [0.25, 0.3) is 5.56 Å². The van der Waals surface area contributed by atoms with Crippen LogP contribution < -0.4 is 10.9 Å². The number of pyridine rings is 1. The molecule has 3 rings (SSSR count). The number of likely N-dealkylation sites (tertiary alicyclic amines) is 1. The maximum atomic E-state index is 13.0. The molecule has 1 N–H and O–H groups in total. The first kappa shape index (κ1) is 21.2. The Morgan fingerprint density at radius 2 is 2.07 bits per heavy atom. The Hall–Kier alpha value is -2.56.